The minimum absolute atomic E-state index is 0.0922. The number of hydrogen-bond donors (Lipinski definition) is 0. The fraction of sp³-hybridized carbons (Fsp3) is 0.429. The highest BCUT2D eigenvalue weighted by Crippen LogP contribution is 2.13. The van der Waals surface area contributed by atoms with Crippen LogP contribution in [-0.2, 0) is 19.1 Å². The van der Waals surface area contributed by atoms with Crippen LogP contribution in [0.5, 0.6) is 0 Å². The zero-order chi connectivity index (χ0) is 15.1. The molecule has 0 aliphatic rings. The molecular formula is C14H17NO5. The summed E-state index contributed by atoms with van der Waals surface area (Å²) in [7, 11) is 1.32. The largest absolute Gasteiger partial charge is 0.465 e. The monoisotopic (exact) mass is 279 g/mol. The van der Waals surface area contributed by atoms with Gasteiger partial charge < -0.3 is 9.47 Å². The maximum Gasteiger partial charge on any atom is 0.324 e. The van der Waals surface area contributed by atoms with Crippen molar-refractivity contribution in [3.63, 3.8) is 0 Å². The predicted molar refractivity (Wildman–Crippen MR) is 70.3 cm³/mol. The van der Waals surface area contributed by atoms with Gasteiger partial charge in [0.05, 0.1) is 6.61 Å². The van der Waals surface area contributed by atoms with Crippen LogP contribution in [0.3, 0.4) is 0 Å². The Labute approximate surface area is 117 Å². The van der Waals surface area contributed by atoms with Gasteiger partial charge in [-0.2, -0.15) is 0 Å². The van der Waals surface area contributed by atoms with Gasteiger partial charge in [-0.1, -0.05) is 0 Å². The van der Waals surface area contributed by atoms with Crippen molar-refractivity contribution in [1.82, 2.24) is 4.98 Å². The van der Waals surface area contributed by atoms with Crippen LogP contribution in [0.2, 0.25) is 0 Å². The number of aryl methyl sites for hydroxylation is 1. The molecule has 6 heteroatoms. The van der Waals surface area contributed by atoms with E-state index in [0.29, 0.717) is 0 Å². The van der Waals surface area contributed by atoms with E-state index in [-0.39, 0.29) is 18.8 Å². The molecule has 0 aliphatic carbocycles. The zero-order valence-corrected chi connectivity index (χ0v) is 11.7. The predicted octanol–water partition coefficient (Wildman–Crippen LogP) is 0.968. The Hall–Kier alpha value is -2.08. The molecule has 0 amide bonds. The Bertz CT molecular complexity index is 494. The molecule has 0 fully saturated rings. The van der Waals surface area contributed by atoms with Gasteiger partial charge in [-0.05, 0) is 25.5 Å². The third-order valence-electron chi connectivity index (χ3n) is 2.55. The highest BCUT2D eigenvalue weighted by molar-refractivity contribution is 6.22. The van der Waals surface area contributed by atoms with Crippen LogP contribution >= 0.6 is 0 Å². The molecule has 0 saturated heterocycles. The molecule has 108 valence electrons. The Morgan fingerprint density at radius 3 is 2.55 bits per heavy atom. The summed E-state index contributed by atoms with van der Waals surface area (Å²) in [6, 6.07) is 1.57. The fourth-order valence-corrected chi connectivity index (χ4v) is 1.69. The summed E-state index contributed by atoms with van der Waals surface area (Å²) in [5.41, 5.74) is 0.963. The lowest BCUT2D eigenvalue weighted by Crippen LogP contribution is -2.35. The summed E-state index contributed by atoms with van der Waals surface area (Å²) in [4.78, 5) is 39.9. The smallest absolute Gasteiger partial charge is 0.324 e. The number of nitrogens with zero attached hydrogens (tertiary/aromatic N) is 1. The average molecular weight is 279 g/mol. The lowest BCUT2D eigenvalue weighted by atomic mass is 9.94. The highest BCUT2D eigenvalue weighted by Gasteiger charge is 2.35. The van der Waals surface area contributed by atoms with Gasteiger partial charge >= 0.3 is 5.97 Å². The molecule has 20 heavy (non-hydrogen) atoms. The van der Waals surface area contributed by atoms with E-state index in [1.54, 1.807) is 26.1 Å². The molecule has 0 saturated carbocycles. The summed E-state index contributed by atoms with van der Waals surface area (Å²) < 4.78 is 9.49. The summed E-state index contributed by atoms with van der Waals surface area (Å²) in [6.45, 7) is 3.14. The fourth-order valence-electron chi connectivity index (χ4n) is 1.69. The van der Waals surface area contributed by atoms with Gasteiger partial charge in [0.2, 0.25) is 0 Å². The number of ether oxygens (including phenoxy) is 2. The normalized spacial score (nSPS) is 11.8. The van der Waals surface area contributed by atoms with Crippen molar-refractivity contribution in [3.05, 3.63) is 29.6 Å². The standard InChI is InChI=1S/C14H17NO5/c1-4-20-14(18)12(11(16)8-19-3)13(17)10-5-9(2)6-15-7-10/h5-7,12H,4,8H2,1-3H3. The third kappa shape index (κ3) is 3.96. The second kappa shape index (κ2) is 7.49. The van der Waals surface area contributed by atoms with Gasteiger partial charge in [0.25, 0.3) is 0 Å². The van der Waals surface area contributed by atoms with Crippen molar-refractivity contribution >= 4 is 17.5 Å². The number of carbonyl (C=O) groups excluding carboxylic acids is 3. The maximum absolute atomic E-state index is 12.3. The number of methoxy groups -OCH3 is 1. The van der Waals surface area contributed by atoms with Crippen LogP contribution in [0.25, 0.3) is 0 Å². The lowest BCUT2D eigenvalue weighted by Gasteiger charge is -2.13. The van der Waals surface area contributed by atoms with E-state index in [2.05, 4.69) is 4.98 Å². The molecule has 0 radical (unpaired) electrons. The van der Waals surface area contributed by atoms with Crippen LogP contribution in [-0.4, -0.2) is 42.8 Å². The molecule has 0 spiro atoms. The second-order valence-corrected chi connectivity index (χ2v) is 4.20. The van der Waals surface area contributed by atoms with Gasteiger partial charge in [0.15, 0.2) is 17.5 Å². The highest BCUT2D eigenvalue weighted by atomic mass is 16.5. The van der Waals surface area contributed by atoms with Crippen LogP contribution in [0.1, 0.15) is 22.8 Å². The van der Waals surface area contributed by atoms with Gasteiger partial charge in [-0.15, -0.1) is 0 Å². The van der Waals surface area contributed by atoms with Crippen molar-refractivity contribution in [2.75, 3.05) is 20.3 Å². The van der Waals surface area contributed by atoms with Crippen molar-refractivity contribution in [2.45, 2.75) is 13.8 Å². The first-order valence-corrected chi connectivity index (χ1v) is 6.15. The molecule has 0 N–H and O–H groups in total. The van der Waals surface area contributed by atoms with Crippen LogP contribution in [0.4, 0.5) is 0 Å². The Balaban J connectivity index is 3.06. The van der Waals surface area contributed by atoms with E-state index in [1.807, 2.05) is 0 Å². The summed E-state index contributed by atoms with van der Waals surface area (Å²) >= 11 is 0. The number of carbonyl (C=O) groups is 3. The molecule has 0 aliphatic heterocycles. The van der Waals surface area contributed by atoms with Gasteiger partial charge in [-0.3, -0.25) is 19.4 Å². The molecule has 1 aromatic heterocycles. The maximum atomic E-state index is 12.3. The van der Waals surface area contributed by atoms with Crippen molar-refractivity contribution in [1.29, 1.82) is 0 Å². The molecular weight excluding hydrogens is 262 g/mol. The first-order chi connectivity index (χ1) is 9.51. The number of aromatic nitrogens is 1. The molecule has 1 atom stereocenters. The Morgan fingerprint density at radius 2 is 2.00 bits per heavy atom. The summed E-state index contributed by atoms with van der Waals surface area (Å²) in [5, 5.41) is 0. The molecule has 0 bridgehead atoms. The lowest BCUT2D eigenvalue weighted by molar-refractivity contribution is -0.150. The quantitative estimate of drug-likeness (QED) is 0.420. The zero-order valence-electron chi connectivity index (χ0n) is 11.7. The van der Waals surface area contributed by atoms with Crippen molar-refractivity contribution < 1.29 is 23.9 Å². The number of ketones is 2. The topological polar surface area (TPSA) is 82.6 Å². The van der Waals surface area contributed by atoms with E-state index in [1.165, 1.54) is 13.3 Å². The van der Waals surface area contributed by atoms with E-state index < -0.39 is 23.5 Å². The van der Waals surface area contributed by atoms with Crippen LogP contribution in [0, 0.1) is 12.8 Å². The number of rotatable bonds is 7. The van der Waals surface area contributed by atoms with Gasteiger partial charge in [0, 0.05) is 25.1 Å². The SMILES string of the molecule is CCOC(=O)C(C(=O)COC)C(=O)c1cncc(C)c1. The van der Waals surface area contributed by atoms with E-state index in [0.717, 1.165) is 5.56 Å². The average Bonchev–Trinajstić information content (AvgIpc) is 2.39. The first-order valence-electron chi connectivity index (χ1n) is 6.15. The van der Waals surface area contributed by atoms with Crippen molar-refractivity contribution in [3.8, 4) is 0 Å². The Morgan fingerprint density at radius 1 is 1.30 bits per heavy atom. The van der Waals surface area contributed by atoms with Gasteiger partial charge in [-0.25, -0.2) is 0 Å². The second-order valence-electron chi connectivity index (χ2n) is 4.20. The van der Waals surface area contributed by atoms with E-state index in [9.17, 15) is 14.4 Å². The number of esters is 1. The van der Waals surface area contributed by atoms with Crippen molar-refractivity contribution in [2.24, 2.45) is 5.92 Å². The molecule has 1 aromatic rings. The molecule has 0 aromatic carbocycles. The number of Topliss-reactive ketones (excluding diaryl/α,β-unsaturated/α-hetero) is 2. The first kappa shape index (κ1) is 16.0. The molecule has 6 nitrogen and oxygen atoms in total. The van der Waals surface area contributed by atoms with Crippen LogP contribution < -0.4 is 0 Å². The Kier molecular flexibility index (Phi) is 5.99. The third-order valence-corrected chi connectivity index (χ3v) is 2.55. The van der Waals surface area contributed by atoms with Gasteiger partial charge in [0.1, 0.15) is 6.61 Å². The van der Waals surface area contributed by atoms with E-state index in [4.69, 9.17) is 9.47 Å². The molecule has 1 rings (SSSR count). The minimum Gasteiger partial charge on any atom is -0.465 e. The van der Waals surface area contributed by atoms with E-state index >= 15 is 0 Å². The molecule has 1 heterocycles. The number of hydrogen-bond acceptors (Lipinski definition) is 6. The summed E-state index contributed by atoms with van der Waals surface area (Å²) in [6.07, 6.45) is 2.90. The van der Waals surface area contributed by atoms with Crippen LogP contribution in [0.15, 0.2) is 18.5 Å². The minimum atomic E-state index is -1.50. The summed E-state index contributed by atoms with van der Waals surface area (Å²) in [5.74, 6) is -3.61. The molecule has 1 unspecified atom stereocenters. The number of pyridine rings is 1.